The topological polar surface area (TPSA) is 84.1 Å². The van der Waals surface area contributed by atoms with Gasteiger partial charge in [-0.3, -0.25) is 14.3 Å². The van der Waals surface area contributed by atoms with Crippen molar-refractivity contribution in [2.75, 3.05) is 13.1 Å². The first-order chi connectivity index (χ1) is 10.1. The molecule has 112 valence electrons. The number of imidazole rings is 1. The molecule has 1 aliphatic rings. The number of carbonyl (C=O) groups excluding carboxylic acids is 1. The SMILES string of the molecule is CC(C(N)=O)N1CCC(n2c(=O)[nH]c3ccccc32)CC1. The first-order valence-corrected chi connectivity index (χ1v) is 7.30. The van der Waals surface area contributed by atoms with Crippen LogP contribution >= 0.6 is 0 Å². The number of fused-ring (bicyclic) bond motifs is 1. The monoisotopic (exact) mass is 288 g/mol. The number of likely N-dealkylation sites (tertiary alicyclic amines) is 1. The molecule has 0 saturated carbocycles. The number of para-hydroxylation sites is 2. The highest BCUT2D eigenvalue weighted by Crippen LogP contribution is 2.25. The van der Waals surface area contributed by atoms with E-state index in [1.54, 1.807) is 0 Å². The summed E-state index contributed by atoms with van der Waals surface area (Å²) in [6.07, 6.45) is 1.69. The van der Waals surface area contributed by atoms with E-state index in [9.17, 15) is 9.59 Å². The van der Waals surface area contributed by atoms with Crippen LogP contribution < -0.4 is 11.4 Å². The molecule has 1 amide bonds. The van der Waals surface area contributed by atoms with Gasteiger partial charge in [-0.25, -0.2) is 4.79 Å². The van der Waals surface area contributed by atoms with Gasteiger partial charge in [0.15, 0.2) is 0 Å². The smallest absolute Gasteiger partial charge is 0.326 e. The van der Waals surface area contributed by atoms with Crippen molar-refractivity contribution in [3.05, 3.63) is 34.7 Å². The minimum absolute atomic E-state index is 0.0578. The number of carbonyl (C=O) groups is 1. The first kappa shape index (κ1) is 13.9. The molecule has 1 atom stereocenters. The van der Waals surface area contributed by atoms with Crippen LogP contribution in [0, 0.1) is 0 Å². The molecule has 2 aromatic rings. The molecule has 1 fully saturated rings. The zero-order valence-corrected chi connectivity index (χ0v) is 12.1. The van der Waals surface area contributed by atoms with Crippen molar-refractivity contribution in [2.45, 2.75) is 31.8 Å². The molecule has 3 rings (SSSR count). The van der Waals surface area contributed by atoms with Gasteiger partial charge in [-0.15, -0.1) is 0 Å². The lowest BCUT2D eigenvalue weighted by Gasteiger charge is -2.35. The van der Waals surface area contributed by atoms with Crippen molar-refractivity contribution in [2.24, 2.45) is 5.73 Å². The van der Waals surface area contributed by atoms with Gasteiger partial charge < -0.3 is 10.7 Å². The number of amides is 1. The molecule has 2 heterocycles. The molecule has 21 heavy (non-hydrogen) atoms. The number of benzene rings is 1. The highest BCUT2D eigenvalue weighted by Gasteiger charge is 2.27. The van der Waals surface area contributed by atoms with Crippen molar-refractivity contribution >= 4 is 16.9 Å². The standard InChI is InChI=1S/C15H20N4O2/c1-10(14(16)20)18-8-6-11(7-9-18)19-13-5-3-2-4-12(13)17-15(19)21/h2-5,10-11H,6-9H2,1H3,(H2,16,20)(H,17,21). The van der Waals surface area contributed by atoms with Gasteiger partial charge in [0.05, 0.1) is 17.1 Å². The van der Waals surface area contributed by atoms with Crippen molar-refractivity contribution in [3.63, 3.8) is 0 Å². The molecule has 6 nitrogen and oxygen atoms in total. The molecule has 0 aliphatic carbocycles. The largest absolute Gasteiger partial charge is 0.368 e. The van der Waals surface area contributed by atoms with E-state index < -0.39 is 0 Å². The van der Waals surface area contributed by atoms with Crippen LogP contribution in [0.4, 0.5) is 0 Å². The van der Waals surface area contributed by atoms with Crippen LogP contribution in [0.15, 0.2) is 29.1 Å². The third kappa shape index (κ3) is 2.47. The van der Waals surface area contributed by atoms with E-state index in [1.165, 1.54) is 0 Å². The van der Waals surface area contributed by atoms with Gasteiger partial charge in [0.1, 0.15) is 0 Å². The van der Waals surface area contributed by atoms with E-state index in [2.05, 4.69) is 9.88 Å². The van der Waals surface area contributed by atoms with Gasteiger partial charge in [-0.2, -0.15) is 0 Å². The Balaban J connectivity index is 1.82. The van der Waals surface area contributed by atoms with E-state index in [-0.39, 0.29) is 23.7 Å². The van der Waals surface area contributed by atoms with Crippen LogP contribution in [-0.2, 0) is 4.79 Å². The number of hydrogen-bond donors (Lipinski definition) is 2. The lowest BCUT2D eigenvalue weighted by atomic mass is 10.0. The fraction of sp³-hybridized carbons (Fsp3) is 0.467. The van der Waals surface area contributed by atoms with Crippen LogP contribution in [0.5, 0.6) is 0 Å². The summed E-state index contributed by atoms with van der Waals surface area (Å²) in [5, 5.41) is 0. The zero-order chi connectivity index (χ0) is 15.0. The fourth-order valence-electron chi connectivity index (χ4n) is 3.15. The van der Waals surface area contributed by atoms with E-state index in [0.717, 1.165) is 37.0 Å². The summed E-state index contributed by atoms with van der Waals surface area (Å²) in [6, 6.07) is 7.66. The number of nitrogens with two attached hydrogens (primary N) is 1. The van der Waals surface area contributed by atoms with Crippen LogP contribution in [0.1, 0.15) is 25.8 Å². The van der Waals surface area contributed by atoms with E-state index >= 15 is 0 Å². The highest BCUT2D eigenvalue weighted by atomic mass is 16.2. The van der Waals surface area contributed by atoms with Crippen molar-refractivity contribution < 1.29 is 4.79 Å². The maximum Gasteiger partial charge on any atom is 0.326 e. The predicted molar refractivity (Wildman–Crippen MR) is 81.1 cm³/mol. The minimum atomic E-state index is -0.294. The average Bonchev–Trinajstić information content (AvgIpc) is 2.82. The summed E-state index contributed by atoms with van der Waals surface area (Å²) in [4.78, 5) is 28.4. The van der Waals surface area contributed by atoms with Crippen LogP contribution in [0.25, 0.3) is 11.0 Å². The molecule has 0 bridgehead atoms. The molecule has 0 spiro atoms. The van der Waals surface area contributed by atoms with Gasteiger partial charge in [0.2, 0.25) is 5.91 Å². The van der Waals surface area contributed by atoms with Gasteiger partial charge in [0, 0.05) is 19.1 Å². The Labute approximate surface area is 122 Å². The number of hydrogen-bond acceptors (Lipinski definition) is 3. The van der Waals surface area contributed by atoms with Crippen LogP contribution in [0.3, 0.4) is 0 Å². The number of aromatic amines is 1. The third-order valence-corrected chi connectivity index (χ3v) is 4.45. The minimum Gasteiger partial charge on any atom is -0.368 e. The molecule has 1 aromatic carbocycles. The molecular formula is C15H20N4O2. The molecule has 1 aliphatic heterocycles. The first-order valence-electron chi connectivity index (χ1n) is 7.30. The summed E-state index contributed by atoms with van der Waals surface area (Å²) in [6.45, 7) is 3.39. The Kier molecular flexibility index (Phi) is 3.55. The normalized spacial score (nSPS) is 18.9. The number of primary amides is 1. The lowest BCUT2D eigenvalue weighted by Crippen LogP contribution is -2.47. The van der Waals surface area contributed by atoms with E-state index in [4.69, 9.17) is 5.73 Å². The maximum atomic E-state index is 12.2. The number of H-pyrrole nitrogens is 1. The summed E-state index contributed by atoms with van der Waals surface area (Å²) >= 11 is 0. The second kappa shape index (κ2) is 5.37. The second-order valence-corrected chi connectivity index (χ2v) is 5.66. The van der Waals surface area contributed by atoms with Crippen molar-refractivity contribution in [1.29, 1.82) is 0 Å². The Morgan fingerprint density at radius 2 is 2.00 bits per heavy atom. The molecule has 1 unspecified atom stereocenters. The van der Waals surface area contributed by atoms with Crippen LogP contribution in [-0.4, -0.2) is 39.5 Å². The van der Waals surface area contributed by atoms with Crippen molar-refractivity contribution in [3.8, 4) is 0 Å². The maximum absolute atomic E-state index is 12.2. The Morgan fingerprint density at radius 3 is 2.67 bits per heavy atom. The number of nitrogens with zero attached hydrogens (tertiary/aromatic N) is 2. The number of piperidine rings is 1. The van der Waals surface area contributed by atoms with Crippen molar-refractivity contribution in [1.82, 2.24) is 14.5 Å². The summed E-state index contributed by atoms with van der Waals surface area (Å²) in [7, 11) is 0. The Hall–Kier alpha value is -2.08. The molecule has 0 radical (unpaired) electrons. The summed E-state index contributed by atoms with van der Waals surface area (Å²) in [5.41, 5.74) is 7.11. The highest BCUT2D eigenvalue weighted by molar-refractivity contribution is 5.79. The third-order valence-electron chi connectivity index (χ3n) is 4.45. The quantitative estimate of drug-likeness (QED) is 0.877. The zero-order valence-electron chi connectivity index (χ0n) is 12.1. The van der Waals surface area contributed by atoms with Gasteiger partial charge in [-0.1, -0.05) is 12.1 Å². The van der Waals surface area contributed by atoms with E-state index in [0.29, 0.717) is 0 Å². The number of aromatic nitrogens is 2. The predicted octanol–water partition coefficient (Wildman–Crippen LogP) is 0.840. The number of nitrogens with one attached hydrogen (secondary N) is 1. The lowest BCUT2D eigenvalue weighted by molar-refractivity contribution is -0.123. The Bertz CT molecular complexity index is 710. The van der Waals surface area contributed by atoms with E-state index in [1.807, 2.05) is 35.8 Å². The molecule has 1 saturated heterocycles. The molecular weight excluding hydrogens is 268 g/mol. The van der Waals surface area contributed by atoms with Gasteiger partial charge in [-0.05, 0) is 31.9 Å². The summed E-state index contributed by atoms with van der Waals surface area (Å²) in [5.74, 6) is -0.294. The van der Waals surface area contributed by atoms with Crippen LogP contribution in [0.2, 0.25) is 0 Å². The van der Waals surface area contributed by atoms with Gasteiger partial charge in [0.25, 0.3) is 0 Å². The Morgan fingerprint density at radius 1 is 1.33 bits per heavy atom. The molecule has 1 aromatic heterocycles. The average molecular weight is 288 g/mol. The summed E-state index contributed by atoms with van der Waals surface area (Å²) < 4.78 is 1.85. The number of rotatable bonds is 3. The van der Waals surface area contributed by atoms with Gasteiger partial charge >= 0.3 is 5.69 Å². The fourth-order valence-corrected chi connectivity index (χ4v) is 3.15. The molecule has 3 N–H and O–H groups in total. The molecule has 6 heteroatoms. The second-order valence-electron chi connectivity index (χ2n) is 5.66.